The molecule has 1 heterocycles. The Labute approximate surface area is 131 Å². The van der Waals surface area contributed by atoms with Crippen molar-refractivity contribution < 1.29 is 14.3 Å². The number of anilines is 1. The van der Waals surface area contributed by atoms with Gasteiger partial charge in [0.05, 0.1) is 23.5 Å². The van der Waals surface area contributed by atoms with Crippen molar-refractivity contribution in [2.45, 2.75) is 13.1 Å². The first-order valence-electron chi connectivity index (χ1n) is 6.67. The van der Waals surface area contributed by atoms with E-state index in [1.54, 1.807) is 24.5 Å². The molecule has 2 aromatic rings. The number of halogens is 2. The zero-order chi connectivity index (χ0) is 15.9. The molecule has 22 heavy (non-hydrogen) atoms. The van der Waals surface area contributed by atoms with Gasteiger partial charge in [-0.1, -0.05) is 23.7 Å². The highest BCUT2D eigenvalue weighted by atomic mass is 35.5. The Morgan fingerprint density at radius 3 is 3.05 bits per heavy atom. The Morgan fingerprint density at radius 1 is 1.45 bits per heavy atom. The fourth-order valence-electron chi connectivity index (χ4n) is 1.82. The third-order valence-corrected chi connectivity index (χ3v) is 3.18. The molecule has 1 aromatic carbocycles. The lowest BCUT2D eigenvalue weighted by molar-refractivity contribution is -0.122. The molecule has 2 rings (SSSR count). The molecule has 0 saturated heterocycles. The van der Waals surface area contributed by atoms with Gasteiger partial charge in [0, 0.05) is 24.8 Å². The highest BCUT2D eigenvalue weighted by Gasteiger charge is 2.07. The molecule has 118 valence electrons. The lowest BCUT2D eigenvalue weighted by atomic mass is 10.2. The maximum atomic E-state index is 13.7. The highest BCUT2D eigenvalue weighted by Crippen LogP contribution is 2.18. The third-order valence-electron chi connectivity index (χ3n) is 2.89. The average Bonchev–Trinajstić information content (AvgIpc) is 2.94. The van der Waals surface area contributed by atoms with Gasteiger partial charge in [0.15, 0.2) is 0 Å². The van der Waals surface area contributed by atoms with Crippen molar-refractivity contribution in [1.82, 2.24) is 15.1 Å². The van der Waals surface area contributed by atoms with Crippen LogP contribution in [0.4, 0.5) is 10.1 Å². The molecule has 0 unspecified atom stereocenters. The van der Waals surface area contributed by atoms with Crippen LogP contribution in [0.25, 0.3) is 0 Å². The van der Waals surface area contributed by atoms with E-state index in [-0.39, 0.29) is 37.2 Å². The summed E-state index contributed by atoms with van der Waals surface area (Å²) in [6.45, 7) is 0.407. The summed E-state index contributed by atoms with van der Waals surface area (Å²) in [6.07, 6.45) is 3.18. The summed E-state index contributed by atoms with van der Waals surface area (Å²) < 4.78 is 15.2. The van der Waals surface area contributed by atoms with Gasteiger partial charge < -0.3 is 15.7 Å². The number of hydrogen-bond donors (Lipinski definition) is 3. The molecule has 0 aliphatic rings. The second-order valence-corrected chi connectivity index (χ2v) is 4.97. The van der Waals surface area contributed by atoms with Gasteiger partial charge in [0.25, 0.3) is 0 Å². The van der Waals surface area contributed by atoms with Crippen LogP contribution >= 0.6 is 11.6 Å². The van der Waals surface area contributed by atoms with Crippen molar-refractivity contribution in [2.24, 2.45) is 0 Å². The van der Waals surface area contributed by atoms with Crippen molar-refractivity contribution in [3.63, 3.8) is 0 Å². The Kier molecular flexibility index (Phi) is 5.74. The van der Waals surface area contributed by atoms with E-state index < -0.39 is 5.82 Å². The molecular formula is C14H16ClFN4O2. The van der Waals surface area contributed by atoms with Gasteiger partial charge >= 0.3 is 0 Å². The summed E-state index contributed by atoms with van der Waals surface area (Å²) in [6, 6.07) is 4.81. The first kappa shape index (κ1) is 16.3. The maximum absolute atomic E-state index is 13.7. The number of aliphatic hydroxyl groups is 1. The molecule has 3 N–H and O–H groups in total. The zero-order valence-corrected chi connectivity index (χ0v) is 12.5. The second kappa shape index (κ2) is 7.77. The SMILES string of the molecule is O=C(Cn1cc(NCc2cccc(Cl)c2F)cn1)NCCO. The van der Waals surface area contributed by atoms with Crippen LogP contribution in [-0.4, -0.2) is 33.9 Å². The number of benzene rings is 1. The number of rotatable bonds is 7. The number of aromatic nitrogens is 2. The number of amides is 1. The molecule has 0 spiro atoms. The first-order chi connectivity index (χ1) is 10.6. The van der Waals surface area contributed by atoms with E-state index in [1.165, 1.54) is 10.7 Å². The summed E-state index contributed by atoms with van der Waals surface area (Å²) in [4.78, 5) is 11.5. The molecule has 0 saturated carbocycles. The molecule has 6 nitrogen and oxygen atoms in total. The Bertz CT molecular complexity index is 648. The largest absolute Gasteiger partial charge is 0.395 e. The number of nitrogens with one attached hydrogen (secondary N) is 2. The molecule has 8 heteroatoms. The van der Waals surface area contributed by atoms with E-state index in [4.69, 9.17) is 16.7 Å². The van der Waals surface area contributed by atoms with Gasteiger partial charge in [0.2, 0.25) is 5.91 Å². The normalized spacial score (nSPS) is 10.5. The zero-order valence-electron chi connectivity index (χ0n) is 11.7. The number of carbonyl (C=O) groups is 1. The van der Waals surface area contributed by atoms with E-state index in [2.05, 4.69) is 15.7 Å². The summed E-state index contributed by atoms with van der Waals surface area (Å²) in [7, 11) is 0. The van der Waals surface area contributed by atoms with Crippen LogP contribution in [0.3, 0.4) is 0 Å². The standard InChI is InChI=1S/C14H16ClFN4O2/c15-12-3-1-2-10(14(12)16)6-18-11-7-19-20(8-11)9-13(22)17-4-5-21/h1-3,7-8,18,21H,4-6,9H2,(H,17,22). The van der Waals surface area contributed by atoms with Crippen molar-refractivity contribution in [1.29, 1.82) is 0 Å². The molecule has 0 aliphatic heterocycles. The molecule has 0 aliphatic carbocycles. The second-order valence-electron chi connectivity index (χ2n) is 4.57. The van der Waals surface area contributed by atoms with E-state index in [9.17, 15) is 9.18 Å². The number of carbonyl (C=O) groups excluding carboxylic acids is 1. The van der Waals surface area contributed by atoms with Gasteiger partial charge in [-0.3, -0.25) is 9.48 Å². The van der Waals surface area contributed by atoms with E-state index in [0.29, 0.717) is 11.3 Å². The Hall–Kier alpha value is -2.12. The van der Waals surface area contributed by atoms with Crippen molar-refractivity contribution in [2.75, 3.05) is 18.5 Å². The van der Waals surface area contributed by atoms with E-state index in [0.717, 1.165) is 0 Å². The molecular weight excluding hydrogens is 311 g/mol. The van der Waals surface area contributed by atoms with Crippen LogP contribution < -0.4 is 10.6 Å². The van der Waals surface area contributed by atoms with Crippen molar-refractivity contribution >= 4 is 23.2 Å². The minimum Gasteiger partial charge on any atom is -0.395 e. The summed E-state index contributed by atoms with van der Waals surface area (Å²) >= 11 is 5.72. The summed E-state index contributed by atoms with van der Waals surface area (Å²) in [5, 5.41) is 18.3. The smallest absolute Gasteiger partial charge is 0.241 e. The van der Waals surface area contributed by atoms with Crippen LogP contribution in [0.5, 0.6) is 0 Å². The molecule has 0 bridgehead atoms. The topological polar surface area (TPSA) is 79.2 Å². The third kappa shape index (κ3) is 4.44. The van der Waals surface area contributed by atoms with E-state index >= 15 is 0 Å². The monoisotopic (exact) mass is 326 g/mol. The number of nitrogens with zero attached hydrogens (tertiary/aromatic N) is 2. The van der Waals surface area contributed by atoms with Crippen LogP contribution in [0.1, 0.15) is 5.56 Å². The predicted molar refractivity (Wildman–Crippen MR) is 81.1 cm³/mol. The Morgan fingerprint density at radius 2 is 2.27 bits per heavy atom. The fourth-order valence-corrected chi connectivity index (χ4v) is 2.02. The van der Waals surface area contributed by atoms with Gasteiger partial charge in [-0.2, -0.15) is 5.10 Å². The molecule has 0 fully saturated rings. The predicted octanol–water partition coefficient (Wildman–Crippen LogP) is 1.40. The fraction of sp³-hybridized carbons (Fsp3) is 0.286. The van der Waals surface area contributed by atoms with E-state index in [1.807, 2.05) is 0 Å². The van der Waals surface area contributed by atoms with Gasteiger partial charge in [-0.15, -0.1) is 0 Å². The summed E-state index contributed by atoms with van der Waals surface area (Å²) in [5.74, 6) is -0.697. The first-order valence-corrected chi connectivity index (χ1v) is 7.04. The lowest BCUT2D eigenvalue weighted by Crippen LogP contribution is -2.30. The van der Waals surface area contributed by atoms with Crippen LogP contribution in [0.15, 0.2) is 30.6 Å². The van der Waals surface area contributed by atoms with Gasteiger partial charge in [-0.05, 0) is 6.07 Å². The molecule has 1 amide bonds. The summed E-state index contributed by atoms with van der Waals surface area (Å²) in [5.41, 5.74) is 1.11. The molecule has 0 radical (unpaired) electrons. The minimum atomic E-state index is -0.451. The Balaban J connectivity index is 1.89. The van der Waals surface area contributed by atoms with Gasteiger partial charge in [-0.25, -0.2) is 4.39 Å². The number of hydrogen-bond acceptors (Lipinski definition) is 4. The van der Waals surface area contributed by atoms with Gasteiger partial charge in [0.1, 0.15) is 12.4 Å². The maximum Gasteiger partial charge on any atom is 0.241 e. The number of aliphatic hydroxyl groups excluding tert-OH is 1. The highest BCUT2D eigenvalue weighted by molar-refractivity contribution is 6.30. The van der Waals surface area contributed by atoms with Crippen molar-refractivity contribution in [3.8, 4) is 0 Å². The van der Waals surface area contributed by atoms with Crippen LogP contribution in [-0.2, 0) is 17.9 Å². The lowest BCUT2D eigenvalue weighted by Gasteiger charge is -2.06. The molecule has 0 atom stereocenters. The van der Waals surface area contributed by atoms with Crippen LogP contribution in [0.2, 0.25) is 5.02 Å². The average molecular weight is 327 g/mol. The van der Waals surface area contributed by atoms with Crippen molar-refractivity contribution in [3.05, 3.63) is 47.0 Å². The molecule has 1 aromatic heterocycles. The van der Waals surface area contributed by atoms with Crippen LogP contribution in [0, 0.1) is 5.82 Å². The quantitative estimate of drug-likeness (QED) is 0.718. The minimum absolute atomic E-state index is 0.0488.